The van der Waals surface area contributed by atoms with Crippen molar-refractivity contribution in [3.05, 3.63) is 36.4 Å². The number of para-hydroxylation sites is 1. The number of piperazine rings is 1. The first kappa shape index (κ1) is 16.1. The molecule has 3 fully saturated rings. The van der Waals surface area contributed by atoms with Gasteiger partial charge in [0.15, 0.2) is 0 Å². The number of carbonyl (C=O) groups is 1. The summed E-state index contributed by atoms with van der Waals surface area (Å²) in [7, 11) is 0. The smallest absolute Gasteiger partial charge is 0.226 e. The van der Waals surface area contributed by atoms with Crippen molar-refractivity contribution in [2.75, 3.05) is 44.2 Å². The maximum absolute atomic E-state index is 12.9. The number of hydrogen-bond acceptors (Lipinski definition) is 4. The van der Waals surface area contributed by atoms with Crippen LogP contribution >= 0.6 is 0 Å². The Bertz CT molecular complexity index is 822. The summed E-state index contributed by atoms with van der Waals surface area (Å²) in [5.41, 5.74) is 1.37. The van der Waals surface area contributed by atoms with Crippen LogP contribution in [0.3, 0.4) is 0 Å². The van der Waals surface area contributed by atoms with E-state index >= 15 is 0 Å². The van der Waals surface area contributed by atoms with Crippen molar-refractivity contribution in [2.45, 2.75) is 19.3 Å². The van der Waals surface area contributed by atoms with Crippen molar-refractivity contribution in [1.29, 1.82) is 0 Å². The number of piperidine rings is 1. The largest absolute Gasteiger partial charge is 0.353 e. The number of nitrogens with one attached hydrogen (secondary N) is 1. The molecule has 26 heavy (non-hydrogen) atoms. The Morgan fingerprint density at radius 1 is 1.04 bits per heavy atom. The van der Waals surface area contributed by atoms with E-state index in [1.807, 2.05) is 12.1 Å². The molecule has 1 aromatic carbocycles. The van der Waals surface area contributed by atoms with E-state index in [0.717, 1.165) is 57.0 Å². The molecule has 1 spiro atoms. The summed E-state index contributed by atoms with van der Waals surface area (Å²) in [6, 6.07) is 12.5. The highest BCUT2D eigenvalue weighted by atomic mass is 16.2. The molecule has 5 nitrogen and oxygen atoms in total. The summed E-state index contributed by atoms with van der Waals surface area (Å²) in [5.74, 6) is 1.71. The van der Waals surface area contributed by atoms with Crippen LogP contribution in [-0.2, 0) is 4.79 Å². The van der Waals surface area contributed by atoms with E-state index in [0.29, 0.717) is 11.3 Å². The van der Waals surface area contributed by atoms with Gasteiger partial charge < -0.3 is 15.1 Å². The molecule has 1 atom stereocenters. The van der Waals surface area contributed by atoms with Gasteiger partial charge in [-0.15, -0.1) is 0 Å². The molecule has 1 N–H and O–H groups in total. The number of pyridine rings is 1. The summed E-state index contributed by atoms with van der Waals surface area (Å²) >= 11 is 0. The molecule has 2 aliphatic heterocycles. The van der Waals surface area contributed by atoms with Gasteiger partial charge in [0, 0.05) is 37.5 Å². The molecular weight excluding hydrogens is 324 g/mol. The van der Waals surface area contributed by atoms with E-state index in [-0.39, 0.29) is 5.92 Å². The second kappa shape index (κ2) is 6.23. The number of carbonyl (C=O) groups excluding carboxylic acids is 1. The molecule has 0 radical (unpaired) electrons. The lowest BCUT2D eigenvalue weighted by Crippen LogP contribution is -2.50. The summed E-state index contributed by atoms with van der Waals surface area (Å²) < 4.78 is 0. The number of rotatable bonds is 2. The molecule has 5 rings (SSSR count). The van der Waals surface area contributed by atoms with Crippen LogP contribution in [0.2, 0.25) is 0 Å². The Balaban J connectivity index is 1.22. The molecule has 1 saturated carbocycles. The van der Waals surface area contributed by atoms with E-state index in [1.165, 1.54) is 18.2 Å². The Kier molecular flexibility index (Phi) is 3.85. The number of hydrogen-bond donors (Lipinski definition) is 1. The van der Waals surface area contributed by atoms with Gasteiger partial charge in [0.05, 0.1) is 5.52 Å². The average molecular weight is 350 g/mol. The van der Waals surface area contributed by atoms with Gasteiger partial charge in [-0.3, -0.25) is 4.79 Å². The molecule has 1 amide bonds. The van der Waals surface area contributed by atoms with Crippen LogP contribution in [0.4, 0.5) is 5.82 Å². The van der Waals surface area contributed by atoms with Gasteiger partial charge in [-0.25, -0.2) is 4.98 Å². The average Bonchev–Trinajstić information content (AvgIpc) is 3.40. The minimum Gasteiger partial charge on any atom is -0.353 e. The number of nitrogens with zero attached hydrogens (tertiary/aromatic N) is 3. The van der Waals surface area contributed by atoms with Crippen LogP contribution < -0.4 is 10.2 Å². The summed E-state index contributed by atoms with van der Waals surface area (Å²) in [6.07, 6.45) is 3.45. The lowest BCUT2D eigenvalue weighted by Gasteiger charge is -2.36. The topological polar surface area (TPSA) is 48.5 Å². The highest BCUT2D eigenvalue weighted by Gasteiger charge is 2.58. The van der Waals surface area contributed by atoms with E-state index in [1.54, 1.807) is 0 Å². The van der Waals surface area contributed by atoms with Crippen LogP contribution in [0.25, 0.3) is 10.9 Å². The molecular formula is C21H26N4O. The first-order valence-electron chi connectivity index (χ1n) is 9.85. The van der Waals surface area contributed by atoms with Gasteiger partial charge in [0.1, 0.15) is 5.82 Å². The maximum Gasteiger partial charge on any atom is 0.226 e. The quantitative estimate of drug-likeness (QED) is 0.903. The Morgan fingerprint density at radius 3 is 2.62 bits per heavy atom. The molecule has 0 bridgehead atoms. The summed E-state index contributed by atoms with van der Waals surface area (Å²) in [4.78, 5) is 22.1. The first-order valence-corrected chi connectivity index (χ1v) is 9.85. The van der Waals surface area contributed by atoms with E-state index in [9.17, 15) is 4.79 Å². The van der Waals surface area contributed by atoms with Gasteiger partial charge in [0.25, 0.3) is 0 Å². The number of anilines is 1. The molecule has 3 heterocycles. The van der Waals surface area contributed by atoms with Crippen LogP contribution in [0.15, 0.2) is 36.4 Å². The van der Waals surface area contributed by atoms with Crippen LogP contribution in [0, 0.1) is 11.3 Å². The lowest BCUT2D eigenvalue weighted by molar-refractivity contribution is -0.133. The molecule has 1 aromatic heterocycles. The van der Waals surface area contributed by atoms with E-state index in [2.05, 4.69) is 39.4 Å². The predicted octanol–water partition coefficient (Wildman–Crippen LogP) is 2.27. The SMILES string of the molecule is O=C(C1CC12CCNCC2)N1CCN(c2ccc3ccccc3n2)CC1. The number of aromatic nitrogens is 1. The van der Waals surface area contributed by atoms with Gasteiger partial charge in [0.2, 0.25) is 5.91 Å². The highest BCUT2D eigenvalue weighted by Crippen LogP contribution is 2.59. The molecule has 2 aromatic rings. The van der Waals surface area contributed by atoms with E-state index < -0.39 is 0 Å². The highest BCUT2D eigenvalue weighted by molar-refractivity contribution is 5.83. The number of benzene rings is 1. The minimum absolute atomic E-state index is 0.287. The Labute approximate surface area is 154 Å². The Morgan fingerprint density at radius 2 is 1.81 bits per heavy atom. The zero-order valence-corrected chi connectivity index (χ0v) is 15.2. The summed E-state index contributed by atoms with van der Waals surface area (Å²) in [5, 5.41) is 4.59. The third-order valence-corrected chi connectivity index (χ3v) is 6.59. The third kappa shape index (κ3) is 2.75. The normalized spacial score (nSPS) is 24.8. The van der Waals surface area contributed by atoms with Crippen molar-refractivity contribution in [1.82, 2.24) is 15.2 Å². The van der Waals surface area contributed by atoms with Crippen molar-refractivity contribution in [3.63, 3.8) is 0 Å². The second-order valence-electron chi connectivity index (χ2n) is 8.04. The molecule has 1 aliphatic carbocycles. The zero-order chi connectivity index (χ0) is 17.6. The van der Waals surface area contributed by atoms with Gasteiger partial charge in [-0.1, -0.05) is 18.2 Å². The van der Waals surface area contributed by atoms with Gasteiger partial charge >= 0.3 is 0 Å². The summed E-state index contributed by atoms with van der Waals surface area (Å²) in [6.45, 7) is 5.53. The predicted molar refractivity (Wildman–Crippen MR) is 103 cm³/mol. The molecule has 1 unspecified atom stereocenters. The van der Waals surface area contributed by atoms with Crippen molar-refractivity contribution in [2.24, 2.45) is 11.3 Å². The Hall–Kier alpha value is -2.14. The monoisotopic (exact) mass is 350 g/mol. The van der Waals surface area contributed by atoms with Crippen molar-refractivity contribution in [3.8, 4) is 0 Å². The molecule has 2 saturated heterocycles. The fraction of sp³-hybridized carbons (Fsp3) is 0.524. The number of amides is 1. The van der Waals surface area contributed by atoms with E-state index in [4.69, 9.17) is 4.98 Å². The molecule has 5 heteroatoms. The van der Waals surface area contributed by atoms with Gasteiger partial charge in [-0.05, 0) is 56.0 Å². The maximum atomic E-state index is 12.9. The first-order chi connectivity index (χ1) is 12.8. The van der Waals surface area contributed by atoms with Gasteiger partial charge in [-0.2, -0.15) is 0 Å². The fourth-order valence-electron chi connectivity index (χ4n) is 4.78. The van der Waals surface area contributed by atoms with Crippen LogP contribution in [-0.4, -0.2) is 55.1 Å². The van der Waals surface area contributed by atoms with Crippen molar-refractivity contribution < 1.29 is 4.79 Å². The molecule has 3 aliphatic rings. The van der Waals surface area contributed by atoms with Crippen molar-refractivity contribution >= 4 is 22.6 Å². The molecule has 136 valence electrons. The van der Waals surface area contributed by atoms with Crippen LogP contribution in [0.1, 0.15) is 19.3 Å². The zero-order valence-electron chi connectivity index (χ0n) is 15.2. The minimum atomic E-state index is 0.287. The standard InChI is InChI=1S/C21H26N4O/c26-20(17-15-21(17)7-9-22-10-8-21)25-13-11-24(12-14-25)19-6-5-16-3-1-2-4-18(16)23-19/h1-6,17,22H,7-15H2. The van der Waals surface area contributed by atoms with Crippen LogP contribution in [0.5, 0.6) is 0 Å². The third-order valence-electron chi connectivity index (χ3n) is 6.59. The second-order valence-corrected chi connectivity index (χ2v) is 8.04. The number of fused-ring (bicyclic) bond motifs is 1. The fourth-order valence-corrected chi connectivity index (χ4v) is 4.78. The lowest BCUT2D eigenvalue weighted by atomic mass is 9.91.